The average molecular weight is 254 g/mol. The molecule has 0 unspecified atom stereocenters. The van der Waals surface area contributed by atoms with Crippen molar-refractivity contribution >= 4 is 5.84 Å². The smallest absolute Gasteiger partial charge is 0.188 e. The maximum Gasteiger partial charge on any atom is 0.188 e. The van der Waals surface area contributed by atoms with E-state index in [1.54, 1.807) is 7.05 Å². The van der Waals surface area contributed by atoms with Gasteiger partial charge >= 0.3 is 0 Å². The Bertz CT molecular complexity index is 408. The summed E-state index contributed by atoms with van der Waals surface area (Å²) in [5.41, 5.74) is 5.48. The van der Waals surface area contributed by atoms with Gasteiger partial charge in [0.25, 0.3) is 0 Å². The SMILES string of the molecule is Cn1nnc(CN2CCN(CC(N)=NO)CC2)n1. The van der Waals surface area contributed by atoms with Gasteiger partial charge in [-0.3, -0.25) is 9.80 Å². The van der Waals surface area contributed by atoms with Crippen molar-refractivity contribution in [1.29, 1.82) is 0 Å². The monoisotopic (exact) mass is 254 g/mol. The number of tetrazole rings is 1. The maximum absolute atomic E-state index is 8.51. The van der Waals surface area contributed by atoms with Gasteiger partial charge in [0.1, 0.15) is 0 Å². The Balaban J connectivity index is 1.76. The van der Waals surface area contributed by atoms with E-state index in [4.69, 9.17) is 10.9 Å². The molecule has 0 aromatic carbocycles. The molecule has 1 aromatic rings. The molecule has 1 aliphatic rings. The van der Waals surface area contributed by atoms with Crippen molar-refractivity contribution in [1.82, 2.24) is 30.0 Å². The van der Waals surface area contributed by atoms with Gasteiger partial charge in [0.15, 0.2) is 11.7 Å². The highest BCUT2D eigenvalue weighted by molar-refractivity contribution is 5.81. The number of rotatable bonds is 4. The molecule has 0 aliphatic carbocycles. The summed E-state index contributed by atoms with van der Waals surface area (Å²) < 4.78 is 0. The van der Waals surface area contributed by atoms with Crippen molar-refractivity contribution in [3.05, 3.63) is 5.82 Å². The first kappa shape index (κ1) is 12.7. The summed E-state index contributed by atoms with van der Waals surface area (Å²) in [6, 6.07) is 0. The average Bonchev–Trinajstić information content (AvgIpc) is 2.77. The number of aryl methyl sites for hydroxylation is 1. The van der Waals surface area contributed by atoms with Crippen LogP contribution in [0.25, 0.3) is 0 Å². The van der Waals surface area contributed by atoms with Crippen LogP contribution in [0, 0.1) is 0 Å². The summed E-state index contributed by atoms with van der Waals surface area (Å²) in [4.78, 5) is 5.87. The molecule has 2 heterocycles. The van der Waals surface area contributed by atoms with E-state index in [-0.39, 0.29) is 5.84 Å². The van der Waals surface area contributed by atoms with Gasteiger partial charge in [0.2, 0.25) is 0 Å². The molecule has 1 saturated heterocycles. The molecule has 9 nitrogen and oxygen atoms in total. The van der Waals surface area contributed by atoms with Gasteiger partial charge in [0.05, 0.1) is 20.1 Å². The number of piperazine rings is 1. The molecule has 0 bridgehead atoms. The number of nitrogens with two attached hydrogens (primary N) is 1. The van der Waals surface area contributed by atoms with E-state index in [2.05, 4.69) is 30.4 Å². The van der Waals surface area contributed by atoms with E-state index >= 15 is 0 Å². The van der Waals surface area contributed by atoms with E-state index < -0.39 is 0 Å². The number of amidine groups is 1. The minimum atomic E-state index is 0.249. The fourth-order valence-electron chi connectivity index (χ4n) is 1.95. The molecule has 1 aromatic heterocycles. The van der Waals surface area contributed by atoms with Crippen LogP contribution in [0.5, 0.6) is 0 Å². The minimum Gasteiger partial charge on any atom is -0.409 e. The quantitative estimate of drug-likeness (QED) is 0.279. The molecule has 0 atom stereocenters. The first-order valence-electron chi connectivity index (χ1n) is 5.81. The largest absolute Gasteiger partial charge is 0.409 e. The maximum atomic E-state index is 8.51. The van der Waals surface area contributed by atoms with Crippen LogP contribution in [0.1, 0.15) is 5.82 Å². The zero-order valence-corrected chi connectivity index (χ0v) is 10.4. The van der Waals surface area contributed by atoms with Crippen molar-refractivity contribution < 1.29 is 5.21 Å². The molecule has 2 rings (SSSR count). The van der Waals surface area contributed by atoms with Crippen LogP contribution >= 0.6 is 0 Å². The van der Waals surface area contributed by atoms with E-state index in [0.717, 1.165) is 32.0 Å². The van der Waals surface area contributed by atoms with Crippen LogP contribution in [0.4, 0.5) is 0 Å². The first-order chi connectivity index (χ1) is 8.67. The molecule has 0 saturated carbocycles. The zero-order chi connectivity index (χ0) is 13.0. The number of aromatic nitrogens is 4. The van der Waals surface area contributed by atoms with E-state index in [1.165, 1.54) is 4.80 Å². The van der Waals surface area contributed by atoms with Gasteiger partial charge < -0.3 is 10.9 Å². The summed E-state index contributed by atoms with van der Waals surface area (Å²) in [6.45, 7) is 4.82. The summed E-state index contributed by atoms with van der Waals surface area (Å²) in [7, 11) is 1.76. The van der Waals surface area contributed by atoms with Crippen LogP contribution in [0.3, 0.4) is 0 Å². The lowest BCUT2D eigenvalue weighted by molar-refractivity contribution is 0.136. The number of oxime groups is 1. The predicted octanol–water partition coefficient (Wildman–Crippen LogP) is -1.93. The Morgan fingerprint density at radius 2 is 2.00 bits per heavy atom. The van der Waals surface area contributed by atoms with Gasteiger partial charge in [-0.1, -0.05) is 5.16 Å². The van der Waals surface area contributed by atoms with Crippen LogP contribution in [-0.2, 0) is 13.6 Å². The fraction of sp³-hybridized carbons (Fsp3) is 0.778. The Labute approximate surface area is 105 Å². The number of hydrogen-bond acceptors (Lipinski definition) is 7. The third kappa shape index (κ3) is 3.37. The van der Waals surface area contributed by atoms with Crippen LogP contribution in [-0.4, -0.2) is 73.8 Å². The van der Waals surface area contributed by atoms with Crippen LogP contribution in [0.2, 0.25) is 0 Å². The van der Waals surface area contributed by atoms with Crippen molar-refractivity contribution in [3.8, 4) is 0 Å². The van der Waals surface area contributed by atoms with E-state index in [0.29, 0.717) is 13.1 Å². The molecule has 0 spiro atoms. The molecule has 1 fully saturated rings. The lowest BCUT2D eigenvalue weighted by Gasteiger charge is -2.33. The molecular formula is C9H18N8O. The van der Waals surface area contributed by atoms with Crippen molar-refractivity contribution in [2.24, 2.45) is 17.9 Å². The lowest BCUT2D eigenvalue weighted by atomic mass is 10.3. The number of hydrogen-bond donors (Lipinski definition) is 2. The van der Waals surface area contributed by atoms with Gasteiger partial charge in [-0.05, 0) is 5.21 Å². The zero-order valence-electron chi connectivity index (χ0n) is 10.4. The molecule has 0 radical (unpaired) electrons. The highest BCUT2D eigenvalue weighted by Gasteiger charge is 2.18. The summed E-state index contributed by atoms with van der Waals surface area (Å²) in [5, 5.41) is 23.4. The summed E-state index contributed by atoms with van der Waals surface area (Å²) in [6.07, 6.45) is 0. The Morgan fingerprint density at radius 3 is 2.56 bits per heavy atom. The summed E-state index contributed by atoms with van der Waals surface area (Å²) in [5.74, 6) is 0.987. The standard InChI is InChI=1S/C9H18N8O/c1-15-12-9(11-14-15)7-17-4-2-16(3-5-17)6-8(10)13-18/h18H,2-7H2,1H3,(H2,10,13). The topological polar surface area (TPSA) is 109 Å². The molecule has 18 heavy (non-hydrogen) atoms. The van der Waals surface area contributed by atoms with Gasteiger partial charge in [-0.25, -0.2) is 0 Å². The van der Waals surface area contributed by atoms with Crippen molar-refractivity contribution in [3.63, 3.8) is 0 Å². The first-order valence-corrected chi connectivity index (χ1v) is 5.81. The second kappa shape index (κ2) is 5.74. The predicted molar refractivity (Wildman–Crippen MR) is 63.9 cm³/mol. The number of nitrogens with zero attached hydrogens (tertiary/aromatic N) is 7. The fourth-order valence-corrected chi connectivity index (χ4v) is 1.95. The highest BCUT2D eigenvalue weighted by Crippen LogP contribution is 2.04. The van der Waals surface area contributed by atoms with Gasteiger partial charge in [-0.2, -0.15) is 4.80 Å². The van der Waals surface area contributed by atoms with Crippen LogP contribution < -0.4 is 5.73 Å². The normalized spacial score (nSPS) is 19.3. The second-order valence-corrected chi connectivity index (χ2v) is 4.34. The third-order valence-electron chi connectivity index (χ3n) is 2.89. The van der Waals surface area contributed by atoms with Gasteiger partial charge in [-0.15, -0.1) is 10.2 Å². The second-order valence-electron chi connectivity index (χ2n) is 4.34. The lowest BCUT2D eigenvalue weighted by Crippen LogP contribution is -2.48. The third-order valence-corrected chi connectivity index (χ3v) is 2.89. The molecule has 1 aliphatic heterocycles. The molecular weight excluding hydrogens is 236 g/mol. The Morgan fingerprint density at radius 1 is 1.33 bits per heavy atom. The molecule has 3 N–H and O–H groups in total. The molecule has 100 valence electrons. The van der Waals surface area contributed by atoms with Gasteiger partial charge in [0, 0.05) is 26.2 Å². The van der Waals surface area contributed by atoms with E-state index in [9.17, 15) is 0 Å². The van der Waals surface area contributed by atoms with Crippen LogP contribution in [0.15, 0.2) is 5.16 Å². The summed E-state index contributed by atoms with van der Waals surface area (Å²) >= 11 is 0. The Kier molecular flexibility index (Phi) is 4.05. The van der Waals surface area contributed by atoms with Crippen molar-refractivity contribution in [2.75, 3.05) is 32.7 Å². The minimum absolute atomic E-state index is 0.249. The van der Waals surface area contributed by atoms with E-state index in [1.807, 2.05) is 0 Å². The highest BCUT2D eigenvalue weighted by atomic mass is 16.4. The van der Waals surface area contributed by atoms with Crippen molar-refractivity contribution in [2.45, 2.75) is 6.54 Å². The molecule has 0 amide bonds. The molecule has 9 heteroatoms. The Hall–Kier alpha value is -1.74.